The molecule has 0 unspecified atom stereocenters. The number of carbonyl (C=O) groups is 1. The number of fused-ring (bicyclic) bond motifs is 2. The molecule has 0 radical (unpaired) electrons. The maximum atomic E-state index is 12.6. The first kappa shape index (κ1) is 15.6. The van der Waals surface area contributed by atoms with Crippen LogP contribution in [0.1, 0.15) is 16.1 Å². The third-order valence-electron chi connectivity index (χ3n) is 3.90. The van der Waals surface area contributed by atoms with Crippen molar-refractivity contribution in [1.29, 1.82) is 0 Å². The van der Waals surface area contributed by atoms with Crippen LogP contribution in [0.4, 0.5) is 0 Å². The monoisotopic (exact) mass is 356 g/mol. The number of nitrogens with zero attached hydrogens (tertiary/aromatic N) is 4. The molecule has 3 heterocycles. The number of benzene rings is 1. The summed E-state index contributed by atoms with van der Waals surface area (Å²) < 4.78 is 15.4. The maximum absolute atomic E-state index is 12.6. The number of hydrogen-bond donors (Lipinski definition) is 0. The van der Waals surface area contributed by atoms with E-state index in [4.69, 9.17) is 9.47 Å². The first-order valence-corrected chi connectivity index (χ1v) is 8.51. The lowest BCUT2D eigenvalue weighted by molar-refractivity contribution is 0.0992. The van der Waals surface area contributed by atoms with Gasteiger partial charge in [-0.15, -0.1) is 6.58 Å². The molecule has 0 bridgehead atoms. The van der Waals surface area contributed by atoms with Crippen molar-refractivity contribution in [3.05, 3.63) is 47.0 Å². The summed E-state index contributed by atoms with van der Waals surface area (Å²) in [6, 6.07) is 3.82. The fraction of sp³-hybridized carbons (Fsp3) is 0.235. The summed E-state index contributed by atoms with van der Waals surface area (Å²) in [5, 5.41) is 4.20. The summed E-state index contributed by atoms with van der Waals surface area (Å²) in [5.74, 6) is 1.04. The van der Waals surface area contributed by atoms with Gasteiger partial charge in [-0.3, -0.25) is 9.48 Å². The van der Waals surface area contributed by atoms with Gasteiger partial charge in [-0.2, -0.15) is 10.1 Å². The molecular weight excluding hydrogens is 340 g/mol. The molecule has 1 aliphatic heterocycles. The third kappa shape index (κ3) is 2.64. The lowest BCUT2D eigenvalue weighted by atomic mass is 10.3. The molecule has 0 fully saturated rings. The van der Waals surface area contributed by atoms with E-state index in [1.807, 2.05) is 23.6 Å². The largest absolute Gasteiger partial charge is 0.454 e. The number of carbonyl (C=O) groups excluding carboxylic acids is 1. The van der Waals surface area contributed by atoms with Gasteiger partial charge in [0.15, 0.2) is 22.0 Å². The summed E-state index contributed by atoms with van der Waals surface area (Å²) in [6.45, 7) is 6.40. The zero-order valence-corrected chi connectivity index (χ0v) is 14.7. The van der Waals surface area contributed by atoms with Crippen molar-refractivity contribution < 1.29 is 14.3 Å². The minimum absolute atomic E-state index is 0.225. The van der Waals surface area contributed by atoms with Crippen molar-refractivity contribution in [3.8, 4) is 11.5 Å². The van der Waals surface area contributed by atoms with Gasteiger partial charge in [-0.1, -0.05) is 17.4 Å². The normalized spacial score (nSPS) is 13.6. The van der Waals surface area contributed by atoms with Crippen molar-refractivity contribution in [1.82, 2.24) is 14.3 Å². The van der Waals surface area contributed by atoms with Crippen LogP contribution in [0.15, 0.2) is 36.0 Å². The quantitative estimate of drug-likeness (QED) is 0.676. The Balaban J connectivity index is 1.88. The average molecular weight is 356 g/mol. The van der Waals surface area contributed by atoms with E-state index in [1.165, 1.54) is 11.3 Å². The molecule has 1 aliphatic rings. The summed E-state index contributed by atoms with van der Waals surface area (Å²) in [6.07, 6.45) is 3.57. The molecular formula is C17H16N4O3S. The fourth-order valence-electron chi connectivity index (χ4n) is 2.81. The van der Waals surface area contributed by atoms with E-state index >= 15 is 0 Å². The van der Waals surface area contributed by atoms with Crippen LogP contribution in [0.25, 0.3) is 10.2 Å². The Labute approximate surface area is 147 Å². The predicted octanol–water partition coefficient (Wildman–Crippen LogP) is 2.40. The SMILES string of the molecule is C=CCn1c(=NC(=O)c2nn(C)cc2C)sc2cc3c(cc21)OCO3. The maximum Gasteiger partial charge on any atom is 0.300 e. The van der Waals surface area contributed by atoms with Crippen LogP contribution in [0.5, 0.6) is 11.5 Å². The van der Waals surface area contributed by atoms with Crippen molar-refractivity contribution >= 4 is 27.5 Å². The van der Waals surface area contributed by atoms with Gasteiger partial charge in [0.2, 0.25) is 6.79 Å². The summed E-state index contributed by atoms with van der Waals surface area (Å²) in [5.41, 5.74) is 2.09. The molecule has 0 saturated heterocycles. The van der Waals surface area contributed by atoms with E-state index in [1.54, 1.807) is 24.0 Å². The van der Waals surface area contributed by atoms with E-state index in [-0.39, 0.29) is 12.7 Å². The summed E-state index contributed by atoms with van der Waals surface area (Å²) >= 11 is 1.42. The number of aryl methyl sites for hydroxylation is 2. The fourth-order valence-corrected chi connectivity index (χ4v) is 3.86. The number of allylic oxidation sites excluding steroid dienone is 1. The Morgan fingerprint density at radius 2 is 2.20 bits per heavy atom. The second kappa shape index (κ2) is 5.89. The lowest BCUT2D eigenvalue weighted by Gasteiger charge is -2.02. The molecule has 3 aromatic rings. The smallest absolute Gasteiger partial charge is 0.300 e. The zero-order valence-electron chi connectivity index (χ0n) is 13.9. The Morgan fingerprint density at radius 3 is 2.88 bits per heavy atom. The van der Waals surface area contributed by atoms with Gasteiger partial charge in [-0.05, 0) is 6.92 Å². The highest BCUT2D eigenvalue weighted by Gasteiger charge is 2.18. The Morgan fingerprint density at radius 1 is 1.44 bits per heavy atom. The molecule has 2 aromatic heterocycles. The van der Waals surface area contributed by atoms with E-state index in [0.717, 1.165) is 15.8 Å². The molecule has 1 aromatic carbocycles. The van der Waals surface area contributed by atoms with Crippen LogP contribution in [0.3, 0.4) is 0 Å². The molecule has 0 N–H and O–H groups in total. The molecule has 128 valence electrons. The van der Waals surface area contributed by atoms with E-state index in [0.29, 0.717) is 28.5 Å². The van der Waals surface area contributed by atoms with Crippen molar-refractivity contribution in [2.75, 3.05) is 6.79 Å². The summed E-state index contributed by atoms with van der Waals surface area (Å²) in [7, 11) is 1.78. The number of thiazole rings is 1. The topological polar surface area (TPSA) is 70.6 Å². The predicted molar refractivity (Wildman–Crippen MR) is 94.0 cm³/mol. The molecule has 0 aliphatic carbocycles. The Hall–Kier alpha value is -2.87. The van der Waals surface area contributed by atoms with Gasteiger partial charge in [0, 0.05) is 37.5 Å². The van der Waals surface area contributed by atoms with Crippen LogP contribution in [-0.2, 0) is 13.6 Å². The van der Waals surface area contributed by atoms with Crippen molar-refractivity contribution in [2.45, 2.75) is 13.5 Å². The number of amides is 1. The second-order valence-electron chi connectivity index (χ2n) is 5.71. The van der Waals surface area contributed by atoms with Gasteiger partial charge >= 0.3 is 0 Å². The third-order valence-corrected chi connectivity index (χ3v) is 4.94. The Kier molecular flexibility index (Phi) is 3.69. The Bertz CT molecular complexity index is 1070. The minimum Gasteiger partial charge on any atom is -0.454 e. The number of hydrogen-bond acceptors (Lipinski definition) is 5. The number of ether oxygens (including phenoxy) is 2. The standard InChI is InChI=1S/C17H16N4O3S/c1-4-5-21-11-6-12-13(24-9-23-12)7-14(11)25-17(21)18-16(22)15-10(2)8-20(3)19-15/h4,6-8H,1,5,9H2,2-3H3. The highest BCUT2D eigenvalue weighted by molar-refractivity contribution is 7.16. The molecule has 25 heavy (non-hydrogen) atoms. The molecule has 1 amide bonds. The molecule has 0 saturated carbocycles. The van der Waals surface area contributed by atoms with Gasteiger partial charge in [0.25, 0.3) is 5.91 Å². The van der Waals surface area contributed by atoms with Gasteiger partial charge in [0.05, 0.1) is 10.2 Å². The van der Waals surface area contributed by atoms with E-state index in [2.05, 4.69) is 16.7 Å². The van der Waals surface area contributed by atoms with Crippen LogP contribution < -0.4 is 14.3 Å². The highest BCUT2D eigenvalue weighted by atomic mass is 32.1. The molecule has 7 nitrogen and oxygen atoms in total. The second-order valence-corrected chi connectivity index (χ2v) is 6.72. The highest BCUT2D eigenvalue weighted by Crippen LogP contribution is 2.36. The minimum atomic E-state index is -0.359. The van der Waals surface area contributed by atoms with Crippen molar-refractivity contribution in [2.24, 2.45) is 12.0 Å². The van der Waals surface area contributed by atoms with Gasteiger partial charge in [-0.25, -0.2) is 0 Å². The lowest BCUT2D eigenvalue weighted by Crippen LogP contribution is -2.16. The van der Waals surface area contributed by atoms with E-state index in [9.17, 15) is 4.79 Å². The molecule has 4 rings (SSSR count). The van der Waals surface area contributed by atoms with Crippen LogP contribution in [-0.4, -0.2) is 27.0 Å². The number of rotatable bonds is 3. The first-order chi connectivity index (χ1) is 12.1. The van der Waals surface area contributed by atoms with Crippen molar-refractivity contribution in [3.63, 3.8) is 0 Å². The van der Waals surface area contributed by atoms with Crippen LogP contribution in [0, 0.1) is 6.92 Å². The van der Waals surface area contributed by atoms with E-state index < -0.39 is 0 Å². The first-order valence-electron chi connectivity index (χ1n) is 7.70. The summed E-state index contributed by atoms with van der Waals surface area (Å²) in [4.78, 5) is 17.4. The van der Waals surface area contributed by atoms with Gasteiger partial charge < -0.3 is 14.0 Å². The van der Waals surface area contributed by atoms with Gasteiger partial charge in [0.1, 0.15) is 0 Å². The zero-order chi connectivity index (χ0) is 17.6. The molecule has 0 spiro atoms. The van der Waals surface area contributed by atoms with Crippen LogP contribution in [0.2, 0.25) is 0 Å². The average Bonchev–Trinajstić information content (AvgIpc) is 3.24. The van der Waals surface area contributed by atoms with Crippen LogP contribution >= 0.6 is 11.3 Å². The molecule has 8 heteroatoms. The number of aromatic nitrogens is 3. The molecule has 0 atom stereocenters.